The van der Waals surface area contributed by atoms with E-state index in [4.69, 9.17) is 4.74 Å². The van der Waals surface area contributed by atoms with Crippen LogP contribution < -0.4 is 10.1 Å². The molecule has 10 heteroatoms. The predicted octanol–water partition coefficient (Wildman–Crippen LogP) is 3.47. The van der Waals surface area contributed by atoms with Crippen LogP contribution in [0.2, 0.25) is 0 Å². The summed E-state index contributed by atoms with van der Waals surface area (Å²) < 4.78 is 33.9. The van der Waals surface area contributed by atoms with Gasteiger partial charge in [-0.1, -0.05) is 0 Å². The number of amides is 1. The van der Waals surface area contributed by atoms with Gasteiger partial charge in [-0.15, -0.1) is 22.7 Å². The van der Waals surface area contributed by atoms with Crippen molar-refractivity contribution in [3.05, 3.63) is 26.9 Å². The van der Waals surface area contributed by atoms with Crippen molar-refractivity contribution in [1.82, 2.24) is 4.98 Å². The van der Waals surface area contributed by atoms with Crippen molar-refractivity contribution in [2.45, 2.75) is 26.9 Å². The van der Waals surface area contributed by atoms with E-state index in [-0.39, 0.29) is 28.8 Å². The van der Waals surface area contributed by atoms with E-state index in [9.17, 15) is 18.4 Å². The van der Waals surface area contributed by atoms with Crippen molar-refractivity contribution in [2.24, 2.45) is 0 Å². The summed E-state index contributed by atoms with van der Waals surface area (Å²) in [5.74, 6) is -1.18. The Hall–Kier alpha value is -2.07. The molecule has 2 aromatic heterocycles. The number of alkyl halides is 2. The summed E-state index contributed by atoms with van der Waals surface area (Å²) >= 11 is 2.16. The van der Waals surface area contributed by atoms with Crippen molar-refractivity contribution in [3.63, 3.8) is 0 Å². The molecule has 0 aromatic carbocycles. The zero-order valence-corrected chi connectivity index (χ0v) is 14.4. The van der Waals surface area contributed by atoms with Crippen LogP contribution in [0.3, 0.4) is 0 Å². The number of hydrogen-bond acceptors (Lipinski definition) is 7. The normalized spacial score (nSPS) is 10.7. The third kappa shape index (κ3) is 4.96. The lowest BCUT2D eigenvalue weighted by molar-refractivity contribution is -0.142. The molecule has 0 bridgehead atoms. The van der Waals surface area contributed by atoms with E-state index < -0.39 is 18.5 Å². The van der Waals surface area contributed by atoms with Crippen LogP contribution in [-0.2, 0) is 16.0 Å². The lowest BCUT2D eigenvalue weighted by Gasteiger charge is -2.05. The van der Waals surface area contributed by atoms with E-state index in [1.165, 1.54) is 6.07 Å². The number of thiophene rings is 1. The average Bonchev–Trinajstić information content (AvgIpc) is 3.05. The average molecular weight is 376 g/mol. The van der Waals surface area contributed by atoms with E-state index >= 15 is 0 Å². The molecule has 0 saturated carbocycles. The molecular weight excluding hydrogens is 362 g/mol. The first kappa shape index (κ1) is 18.3. The second-order valence-corrected chi connectivity index (χ2v) is 6.62. The van der Waals surface area contributed by atoms with E-state index in [0.29, 0.717) is 10.6 Å². The van der Waals surface area contributed by atoms with Gasteiger partial charge < -0.3 is 9.47 Å². The first-order valence-electron chi connectivity index (χ1n) is 6.85. The van der Waals surface area contributed by atoms with Gasteiger partial charge in [0.1, 0.15) is 10.6 Å². The molecule has 0 aliphatic heterocycles. The maximum Gasteiger partial charge on any atom is 0.387 e. The molecule has 1 N–H and O–H groups in total. The van der Waals surface area contributed by atoms with Crippen molar-refractivity contribution < 1.29 is 27.8 Å². The van der Waals surface area contributed by atoms with Gasteiger partial charge in [-0.05, 0) is 19.9 Å². The molecule has 0 spiro atoms. The van der Waals surface area contributed by atoms with Crippen LogP contribution in [-0.4, -0.2) is 30.1 Å². The quantitative estimate of drug-likeness (QED) is 0.749. The summed E-state index contributed by atoms with van der Waals surface area (Å²) in [6.45, 7) is 0.645. The largest absolute Gasteiger partial charge is 0.466 e. The highest BCUT2D eigenvalue weighted by Crippen LogP contribution is 2.31. The number of hydrogen-bond donors (Lipinski definition) is 1. The lowest BCUT2D eigenvalue weighted by Crippen LogP contribution is -2.13. The zero-order chi connectivity index (χ0) is 17.7. The van der Waals surface area contributed by atoms with E-state index in [0.717, 1.165) is 22.7 Å². The van der Waals surface area contributed by atoms with E-state index in [2.05, 4.69) is 15.0 Å². The first-order valence-corrected chi connectivity index (χ1v) is 8.55. The number of aromatic nitrogens is 1. The number of thiazole rings is 1. The molecule has 0 atom stereocenters. The first-order chi connectivity index (χ1) is 11.4. The summed E-state index contributed by atoms with van der Waals surface area (Å²) in [6.07, 6.45) is -0.00192. The smallest absolute Gasteiger partial charge is 0.387 e. The predicted molar refractivity (Wildman–Crippen MR) is 86.1 cm³/mol. The Morgan fingerprint density at radius 2 is 2.17 bits per heavy atom. The molecule has 2 heterocycles. The number of nitrogens with one attached hydrogen (secondary N) is 1. The lowest BCUT2D eigenvalue weighted by atomic mass is 10.3. The number of carbonyl (C=O) groups is 2. The number of aryl methyl sites for hydroxylation is 1. The minimum absolute atomic E-state index is 0.00192. The van der Waals surface area contributed by atoms with Crippen LogP contribution in [0.4, 0.5) is 13.9 Å². The highest BCUT2D eigenvalue weighted by molar-refractivity contribution is 7.15. The number of nitrogens with zero attached hydrogens (tertiary/aromatic N) is 1. The third-order valence-corrected chi connectivity index (χ3v) is 4.48. The van der Waals surface area contributed by atoms with Gasteiger partial charge in [0.25, 0.3) is 5.91 Å². The molecule has 2 aromatic rings. The highest BCUT2D eigenvalue weighted by atomic mass is 32.1. The van der Waals surface area contributed by atoms with Gasteiger partial charge in [0, 0.05) is 10.3 Å². The summed E-state index contributed by atoms with van der Waals surface area (Å²) in [5, 5.41) is 4.38. The second-order valence-electron chi connectivity index (χ2n) is 4.51. The van der Waals surface area contributed by atoms with Gasteiger partial charge >= 0.3 is 12.6 Å². The molecule has 0 fully saturated rings. The molecule has 2 rings (SSSR count). The topological polar surface area (TPSA) is 77.5 Å². The SMILES string of the molecule is CCOC(=O)Cc1csc(NC(=O)c2sc(C)cc2OC(F)F)n1. The molecule has 0 aliphatic rings. The Balaban J connectivity index is 2.05. The van der Waals surface area contributed by atoms with Crippen LogP contribution in [0.1, 0.15) is 27.2 Å². The Morgan fingerprint density at radius 3 is 2.83 bits per heavy atom. The fourth-order valence-corrected chi connectivity index (χ4v) is 3.34. The van der Waals surface area contributed by atoms with Gasteiger partial charge in [0.2, 0.25) is 0 Å². The van der Waals surface area contributed by atoms with Crippen LogP contribution >= 0.6 is 22.7 Å². The summed E-state index contributed by atoms with van der Waals surface area (Å²) in [5.41, 5.74) is 0.458. The van der Waals surface area contributed by atoms with Crippen LogP contribution in [0.15, 0.2) is 11.4 Å². The minimum atomic E-state index is -3.01. The van der Waals surface area contributed by atoms with E-state index in [1.807, 2.05) is 0 Å². The fraction of sp³-hybridized carbons (Fsp3) is 0.357. The number of halogens is 2. The van der Waals surface area contributed by atoms with Crippen LogP contribution in [0, 0.1) is 6.92 Å². The number of carbonyl (C=O) groups excluding carboxylic acids is 2. The second kappa shape index (κ2) is 8.15. The fourth-order valence-electron chi connectivity index (χ4n) is 1.79. The monoisotopic (exact) mass is 376 g/mol. The molecule has 1 amide bonds. The van der Waals surface area contributed by atoms with Crippen molar-refractivity contribution in [2.75, 3.05) is 11.9 Å². The van der Waals surface area contributed by atoms with Crippen molar-refractivity contribution >= 4 is 39.7 Å². The Labute approximate surface area is 144 Å². The molecule has 24 heavy (non-hydrogen) atoms. The van der Waals surface area contributed by atoms with Gasteiger partial charge in [-0.25, -0.2) is 4.98 Å². The zero-order valence-electron chi connectivity index (χ0n) is 12.8. The molecule has 6 nitrogen and oxygen atoms in total. The Kier molecular flexibility index (Phi) is 6.21. The standard InChI is InChI=1S/C14H14F2N2O4S2/c1-3-21-10(19)5-8-6-23-14(17-8)18-12(20)11-9(22-13(15)16)4-7(2)24-11/h4,6,13H,3,5H2,1-2H3,(H,17,18,20). The number of anilines is 1. The van der Waals surface area contributed by atoms with Crippen molar-refractivity contribution in [3.8, 4) is 5.75 Å². The van der Waals surface area contributed by atoms with Gasteiger partial charge in [0.15, 0.2) is 5.13 Å². The minimum Gasteiger partial charge on any atom is -0.466 e. The third-order valence-electron chi connectivity index (χ3n) is 2.65. The molecule has 0 radical (unpaired) electrons. The van der Waals surface area contributed by atoms with Gasteiger partial charge in [-0.3, -0.25) is 14.9 Å². The Morgan fingerprint density at radius 1 is 1.42 bits per heavy atom. The number of rotatable bonds is 7. The summed E-state index contributed by atoms with van der Waals surface area (Å²) in [4.78, 5) is 28.4. The van der Waals surface area contributed by atoms with Crippen molar-refractivity contribution in [1.29, 1.82) is 0 Å². The van der Waals surface area contributed by atoms with Crippen LogP contribution in [0.25, 0.3) is 0 Å². The summed E-state index contributed by atoms with van der Waals surface area (Å²) in [7, 11) is 0. The maximum absolute atomic E-state index is 12.4. The maximum atomic E-state index is 12.4. The molecule has 0 unspecified atom stereocenters. The number of ether oxygens (including phenoxy) is 2. The van der Waals surface area contributed by atoms with E-state index in [1.54, 1.807) is 19.2 Å². The summed E-state index contributed by atoms with van der Waals surface area (Å²) in [6, 6.07) is 1.37. The molecular formula is C14H14F2N2O4S2. The highest BCUT2D eigenvalue weighted by Gasteiger charge is 2.20. The van der Waals surface area contributed by atoms with Crippen LogP contribution in [0.5, 0.6) is 5.75 Å². The number of esters is 1. The molecule has 0 aliphatic carbocycles. The Bertz CT molecular complexity index is 730. The van der Waals surface area contributed by atoms with Gasteiger partial charge in [-0.2, -0.15) is 8.78 Å². The molecule has 0 saturated heterocycles. The van der Waals surface area contributed by atoms with Gasteiger partial charge in [0.05, 0.1) is 18.7 Å². The molecule has 130 valence electrons.